The number of carbonyl (C=O) groups is 1. The van der Waals surface area contributed by atoms with Crippen LogP contribution < -0.4 is 11.1 Å². The van der Waals surface area contributed by atoms with Gasteiger partial charge in [-0.15, -0.1) is 6.58 Å². The van der Waals surface area contributed by atoms with Gasteiger partial charge in [-0.3, -0.25) is 4.79 Å². The number of hydrogen-bond donors (Lipinski definition) is 2. The van der Waals surface area contributed by atoms with E-state index in [1.54, 1.807) is 6.08 Å². The van der Waals surface area contributed by atoms with Gasteiger partial charge >= 0.3 is 0 Å². The first-order valence-corrected chi connectivity index (χ1v) is 3.29. The Morgan fingerprint density at radius 2 is 2.50 bits per heavy atom. The van der Waals surface area contributed by atoms with E-state index in [1.165, 1.54) is 0 Å². The fourth-order valence-corrected chi connectivity index (χ4v) is 0.608. The molecule has 0 aliphatic heterocycles. The van der Waals surface area contributed by atoms with Gasteiger partial charge in [-0.25, -0.2) is 0 Å². The number of amides is 1. The third-order valence-corrected chi connectivity index (χ3v) is 1.14. The van der Waals surface area contributed by atoms with E-state index in [4.69, 9.17) is 5.73 Å². The third kappa shape index (κ3) is 5.31. The molecule has 0 aliphatic carbocycles. The lowest BCUT2D eigenvalue weighted by molar-refractivity contribution is -0.117. The summed E-state index contributed by atoms with van der Waals surface area (Å²) in [7, 11) is 0. The minimum Gasteiger partial charge on any atom is -0.369 e. The summed E-state index contributed by atoms with van der Waals surface area (Å²) in [6.45, 7) is 5.79. The molecular weight excluding hydrogens is 128 g/mol. The molecule has 1 atom stereocenters. The molecule has 0 spiro atoms. The SMILES string of the molecule is C=CCC(C)NCC(N)=O. The summed E-state index contributed by atoms with van der Waals surface area (Å²) in [4.78, 5) is 10.2. The van der Waals surface area contributed by atoms with Gasteiger partial charge in [0, 0.05) is 6.04 Å². The molecule has 58 valence electrons. The number of rotatable bonds is 5. The van der Waals surface area contributed by atoms with Crippen molar-refractivity contribution in [2.24, 2.45) is 5.73 Å². The van der Waals surface area contributed by atoms with Crippen LogP contribution in [0.2, 0.25) is 0 Å². The maximum Gasteiger partial charge on any atom is 0.231 e. The molecule has 0 aliphatic rings. The van der Waals surface area contributed by atoms with Crippen molar-refractivity contribution in [1.82, 2.24) is 5.32 Å². The predicted molar refractivity (Wildman–Crippen MR) is 41.5 cm³/mol. The summed E-state index contributed by atoms with van der Waals surface area (Å²) in [6, 6.07) is 0.282. The van der Waals surface area contributed by atoms with Crippen molar-refractivity contribution < 1.29 is 4.79 Å². The van der Waals surface area contributed by atoms with E-state index in [0.29, 0.717) is 0 Å². The molecule has 10 heavy (non-hydrogen) atoms. The number of nitrogens with two attached hydrogens (primary N) is 1. The predicted octanol–water partition coefficient (Wildman–Crippen LogP) is 0.0259. The van der Waals surface area contributed by atoms with Crippen molar-refractivity contribution in [3.63, 3.8) is 0 Å². The van der Waals surface area contributed by atoms with Crippen LogP contribution in [-0.2, 0) is 4.79 Å². The van der Waals surface area contributed by atoms with Crippen LogP contribution in [0.3, 0.4) is 0 Å². The van der Waals surface area contributed by atoms with Crippen LogP contribution in [0.1, 0.15) is 13.3 Å². The van der Waals surface area contributed by atoms with Gasteiger partial charge in [0.1, 0.15) is 0 Å². The highest BCUT2D eigenvalue weighted by molar-refractivity contribution is 5.75. The number of primary amides is 1. The van der Waals surface area contributed by atoms with E-state index < -0.39 is 0 Å². The van der Waals surface area contributed by atoms with Crippen molar-refractivity contribution in [2.75, 3.05) is 6.54 Å². The number of nitrogens with one attached hydrogen (secondary N) is 1. The van der Waals surface area contributed by atoms with Crippen LogP contribution in [0, 0.1) is 0 Å². The van der Waals surface area contributed by atoms with Crippen molar-refractivity contribution in [2.45, 2.75) is 19.4 Å². The molecular formula is C7H14N2O. The van der Waals surface area contributed by atoms with E-state index in [2.05, 4.69) is 11.9 Å². The Morgan fingerprint density at radius 3 is 2.90 bits per heavy atom. The average molecular weight is 142 g/mol. The molecule has 1 unspecified atom stereocenters. The molecule has 0 heterocycles. The van der Waals surface area contributed by atoms with Crippen LogP contribution in [0.4, 0.5) is 0 Å². The minimum absolute atomic E-state index is 0.245. The highest BCUT2D eigenvalue weighted by Gasteiger charge is 1.98. The maximum atomic E-state index is 10.2. The highest BCUT2D eigenvalue weighted by Crippen LogP contribution is 1.88. The van der Waals surface area contributed by atoms with Crippen LogP contribution >= 0.6 is 0 Å². The number of hydrogen-bond acceptors (Lipinski definition) is 2. The zero-order chi connectivity index (χ0) is 7.98. The summed E-state index contributed by atoms with van der Waals surface area (Å²) in [6.07, 6.45) is 2.66. The average Bonchev–Trinajstić information content (AvgIpc) is 1.85. The fourth-order valence-electron chi connectivity index (χ4n) is 0.608. The normalized spacial score (nSPS) is 12.5. The zero-order valence-corrected chi connectivity index (χ0v) is 6.26. The Bertz CT molecular complexity index is 123. The lowest BCUT2D eigenvalue weighted by Gasteiger charge is -2.08. The van der Waals surface area contributed by atoms with Crippen LogP contribution in [0.5, 0.6) is 0 Å². The fraction of sp³-hybridized carbons (Fsp3) is 0.571. The van der Waals surface area contributed by atoms with E-state index in [1.807, 2.05) is 6.92 Å². The van der Waals surface area contributed by atoms with Gasteiger partial charge in [-0.05, 0) is 13.3 Å². The van der Waals surface area contributed by atoms with Gasteiger partial charge in [0.15, 0.2) is 0 Å². The largest absolute Gasteiger partial charge is 0.369 e. The standard InChI is InChI=1S/C7H14N2O/c1-3-4-6(2)9-5-7(8)10/h3,6,9H,1,4-5H2,2H3,(H2,8,10). The molecule has 3 N–H and O–H groups in total. The molecule has 3 nitrogen and oxygen atoms in total. The molecule has 0 aromatic rings. The van der Waals surface area contributed by atoms with E-state index in [9.17, 15) is 4.79 Å². The van der Waals surface area contributed by atoms with Crippen molar-refractivity contribution in [3.8, 4) is 0 Å². The topological polar surface area (TPSA) is 55.1 Å². The van der Waals surface area contributed by atoms with E-state index in [-0.39, 0.29) is 18.5 Å². The Labute approximate surface area is 61.3 Å². The van der Waals surface area contributed by atoms with Crippen LogP contribution in [0.25, 0.3) is 0 Å². The van der Waals surface area contributed by atoms with E-state index in [0.717, 1.165) is 6.42 Å². The van der Waals surface area contributed by atoms with Crippen molar-refractivity contribution in [1.29, 1.82) is 0 Å². The summed E-state index contributed by atoms with van der Waals surface area (Å²) >= 11 is 0. The second-order valence-corrected chi connectivity index (χ2v) is 2.27. The Kier molecular flexibility index (Phi) is 4.58. The quantitative estimate of drug-likeness (QED) is 0.532. The lowest BCUT2D eigenvalue weighted by atomic mass is 10.2. The Hall–Kier alpha value is -0.830. The van der Waals surface area contributed by atoms with Crippen molar-refractivity contribution in [3.05, 3.63) is 12.7 Å². The molecule has 0 fully saturated rings. The molecule has 1 amide bonds. The second-order valence-electron chi connectivity index (χ2n) is 2.27. The van der Waals surface area contributed by atoms with Gasteiger partial charge in [0.25, 0.3) is 0 Å². The first-order chi connectivity index (χ1) is 4.66. The molecule has 0 radical (unpaired) electrons. The van der Waals surface area contributed by atoms with Gasteiger partial charge in [-0.2, -0.15) is 0 Å². The first-order valence-electron chi connectivity index (χ1n) is 3.29. The smallest absolute Gasteiger partial charge is 0.231 e. The summed E-state index contributed by atoms with van der Waals surface area (Å²) in [5.41, 5.74) is 4.91. The summed E-state index contributed by atoms with van der Waals surface area (Å²) < 4.78 is 0. The Balaban J connectivity index is 3.29. The molecule has 0 rings (SSSR count). The molecule has 0 aromatic carbocycles. The van der Waals surface area contributed by atoms with E-state index >= 15 is 0 Å². The maximum absolute atomic E-state index is 10.2. The lowest BCUT2D eigenvalue weighted by Crippen LogP contribution is -2.34. The molecule has 0 aromatic heterocycles. The van der Waals surface area contributed by atoms with Gasteiger partial charge in [-0.1, -0.05) is 6.08 Å². The van der Waals surface area contributed by atoms with Gasteiger partial charge in [0.2, 0.25) is 5.91 Å². The van der Waals surface area contributed by atoms with Crippen LogP contribution in [0.15, 0.2) is 12.7 Å². The molecule has 0 bridgehead atoms. The van der Waals surface area contributed by atoms with Gasteiger partial charge < -0.3 is 11.1 Å². The zero-order valence-electron chi connectivity index (χ0n) is 6.26. The van der Waals surface area contributed by atoms with Crippen LogP contribution in [-0.4, -0.2) is 18.5 Å². The third-order valence-electron chi connectivity index (χ3n) is 1.14. The second kappa shape index (κ2) is 4.99. The molecule has 3 heteroatoms. The highest BCUT2D eigenvalue weighted by atomic mass is 16.1. The van der Waals surface area contributed by atoms with Crippen molar-refractivity contribution >= 4 is 5.91 Å². The molecule has 0 saturated heterocycles. The monoisotopic (exact) mass is 142 g/mol. The number of carbonyl (C=O) groups excluding carboxylic acids is 1. The minimum atomic E-state index is -0.323. The summed E-state index contributed by atoms with van der Waals surface area (Å²) in [5.74, 6) is -0.323. The summed E-state index contributed by atoms with van der Waals surface area (Å²) in [5, 5.41) is 2.94. The molecule has 0 saturated carbocycles. The van der Waals surface area contributed by atoms with Gasteiger partial charge in [0.05, 0.1) is 6.54 Å². The first kappa shape index (κ1) is 9.17. The Morgan fingerprint density at radius 1 is 1.90 bits per heavy atom.